The number of hydrogen-bond donors (Lipinski definition) is 3. The lowest BCUT2D eigenvalue weighted by molar-refractivity contribution is 0.120. The molecule has 0 unspecified atom stereocenters. The quantitative estimate of drug-likeness (QED) is 0.766. The molecule has 4 heterocycles. The van der Waals surface area contributed by atoms with Gasteiger partial charge in [-0.25, -0.2) is 4.98 Å². The van der Waals surface area contributed by atoms with Crippen molar-refractivity contribution in [3.05, 3.63) is 11.1 Å². The summed E-state index contributed by atoms with van der Waals surface area (Å²) in [5, 5.41) is 11.9. The highest BCUT2D eigenvalue weighted by Crippen LogP contribution is 2.35. The van der Waals surface area contributed by atoms with Gasteiger partial charge in [-0.2, -0.15) is 5.10 Å². The zero-order chi connectivity index (χ0) is 18.2. The van der Waals surface area contributed by atoms with Gasteiger partial charge < -0.3 is 15.8 Å². The van der Waals surface area contributed by atoms with E-state index in [2.05, 4.69) is 20.4 Å². The maximum Gasteiger partial charge on any atom is 0.185 e. The van der Waals surface area contributed by atoms with Crippen molar-refractivity contribution < 1.29 is 4.74 Å². The van der Waals surface area contributed by atoms with Crippen molar-refractivity contribution in [3.63, 3.8) is 0 Å². The lowest BCUT2D eigenvalue weighted by atomic mass is 9.90. The number of hydrogen-bond acceptors (Lipinski definition) is 6. The lowest BCUT2D eigenvalue weighted by Crippen LogP contribution is -2.40. The van der Waals surface area contributed by atoms with Crippen LogP contribution < -0.4 is 11.1 Å². The van der Waals surface area contributed by atoms with Crippen LogP contribution in [0.3, 0.4) is 0 Å². The minimum Gasteiger partial charge on any atom is -0.384 e. The predicted molar refractivity (Wildman–Crippen MR) is 107 cm³/mol. The van der Waals surface area contributed by atoms with Gasteiger partial charge in [0.1, 0.15) is 11.6 Å². The Labute approximate surface area is 160 Å². The fourth-order valence-corrected chi connectivity index (χ4v) is 5.09. The van der Waals surface area contributed by atoms with Crippen LogP contribution in [0.5, 0.6) is 0 Å². The first-order valence-corrected chi connectivity index (χ1v) is 10.5. The van der Waals surface area contributed by atoms with Crippen molar-refractivity contribution in [3.8, 4) is 0 Å². The van der Waals surface area contributed by atoms with E-state index in [1.165, 1.54) is 43.2 Å². The first-order valence-electron chi connectivity index (χ1n) is 10.5. The molecule has 3 aliphatic rings. The zero-order valence-electron chi connectivity index (χ0n) is 16.0. The number of ether oxygens (including phenoxy) is 1. The van der Waals surface area contributed by atoms with E-state index in [1.54, 1.807) is 0 Å². The second-order valence-electron chi connectivity index (χ2n) is 8.28. The van der Waals surface area contributed by atoms with E-state index in [-0.39, 0.29) is 0 Å². The molecular formula is C20H30N6O. The van der Waals surface area contributed by atoms with E-state index in [9.17, 15) is 0 Å². The van der Waals surface area contributed by atoms with Gasteiger partial charge in [0.05, 0.1) is 11.5 Å². The van der Waals surface area contributed by atoms with Crippen LogP contribution in [0, 0.1) is 0 Å². The van der Waals surface area contributed by atoms with Crippen molar-refractivity contribution >= 4 is 22.7 Å². The number of aromatic amines is 1. The summed E-state index contributed by atoms with van der Waals surface area (Å²) in [6.07, 6.45) is 10.4. The smallest absolute Gasteiger partial charge is 0.185 e. The van der Waals surface area contributed by atoms with Gasteiger partial charge >= 0.3 is 0 Å². The topological polar surface area (TPSA) is 92.1 Å². The standard InChI is InChI=1S/C20H30N6O/c21-18-17-15-8-9-26(13-5-2-1-3-6-13)12-16(15)19(23-20(17)25-24-18)22-11-14-7-4-10-27-14/h13-14H,1-12H2,(H4,21,22,23,24,25)/t14-/m0/s1. The molecule has 146 valence electrons. The summed E-state index contributed by atoms with van der Waals surface area (Å²) in [6.45, 7) is 3.75. The zero-order valence-corrected chi connectivity index (χ0v) is 16.0. The largest absolute Gasteiger partial charge is 0.384 e. The fourth-order valence-electron chi connectivity index (χ4n) is 5.09. The van der Waals surface area contributed by atoms with E-state index in [1.807, 2.05) is 0 Å². The summed E-state index contributed by atoms with van der Waals surface area (Å²) < 4.78 is 5.78. The molecule has 27 heavy (non-hydrogen) atoms. The summed E-state index contributed by atoms with van der Waals surface area (Å²) in [5.74, 6) is 1.62. The van der Waals surface area contributed by atoms with Crippen LogP contribution in [0.4, 0.5) is 11.6 Å². The molecule has 2 aromatic heterocycles. The molecule has 1 saturated carbocycles. The molecule has 1 aliphatic carbocycles. The maximum atomic E-state index is 6.19. The van der Waals surface area contributed by atoms with E-state index in [4.69, 9.17) is 15.5 Å². The number of aromatic nitrogens is 3. The lowest BCUT2D eigenvalue weighted by Gasteiger charge is -2.38. The average Bonchev–Trinajstić information content (AvgIpc) is 3.36. The molecule has 2 aliphatic heterocycles. The monoisotopic (exact) mass is 370 g/mol. The van der Waals surface area contributed by atoms with Crippen LogP contribution >= 0.6 is 0 Å². The van der Waals surface area contributed by atoms with Gasteiger partial charge in [0, 0.05) is 37.8 Å². The summed E-state index contributed by atoms with van der Waals surface area (Å²) in [7, 11) is 0. The molecule has 2 fully saturated rings. The third kappa shape index (κ3) is 3.27. The normalized spacial score (nSPS) is 24.4. The van der Waals surface area contributed by atoms with Crippen molar-refractivity contribution in [1.82, 2.24) is 20.1 Å². The molecule has 2 aromatic rings. The number of pyridine rings is 1. The molecule has 5 rings (SSSR count). The minimum absolute atomic E-state index is 0.292. The molecule has 0 radical (unpaired) electrons. The van der Waals surface area contributed by atoms with Crippen LogP contribution in [0.15, 0.2) is 0 Å². The van der Waals surface area contributed by atoms with Crippen molar-refractivity contribution in [2.24, 2.45) is 0 Å². The van der Waals surface area contributed by atoms with Crippen LogP contribution in [-0.4, -0.2) is 51.9 Å². The number of nitrogens with two attached hydrogens (primary N) is 1. The van der Waals surface area contributed by atoms with Crippen molar-refractivity contribution in [2.75, 3.05) is 30.7 Å². The third-order valence-corrected chi connectivity index (χ3v) is 6.57. The van der Waals surface area contributed by atoms with Crippen LogP contribution in [-0.2, 0) is 17.7 Å². The van der Waals surface area contributed by atoms with Gasteiger partial charge in [0.25, 0.3) is 0 Å². The molecule has 4 N–H and O–H groups in total. The number of nitrogen functional groups attached to an aromatic ring is 1. The number of anilines is 2. The van der Waals surface area contributed by atoms with E-state index < -0.39 is 0 Å². The Morgan fingerprint density at radius 3 is 2.85 bits per heavy atom. The van der Waals surface area contributed by atoms with Gasteiger partial charge in [-0.15, -0.1) is 0 Å². The number of nitrogens with zero attached hydrogens (tertiary/aromatic N) is 3. The molecule has 1 saturated heterocycles. The third-order valence-electron chi connectivity index (χ3n) is 6.57. The molecule has 0 aromatic carbocycles. The fraction of sp³-hybridized carbons (Fsp3) is 0.700. The van der Waals surface area contributed by atoms with E-state index in [0.717, 1.165) is 68.4 Å². The first-order chi connectivity index (χ1) is 13.3. The summed E-state index contributed by atoms with van der Waals surface area (Å²) in [6, 6.07) is 0.718. The molecule has 7 heteroatoms. The second kappa shape index (κ2) is 7.28. The highest BCUT2D eigenvalue weighted by molar-refractivity contribution is 5.92. The minimum atomic E-state index is 0.292. The van der Waals surface area contributed by atoms with Gasteiger partial charge in [-0.1, -0.05) is 19.3 Å². The summed E-state index contributed by atoms with van der Waals surface area (Å²) >= 11 is 0. The van der Waals surface area contributed by atoms with E-state index in [0.29, 0.717) is 11.9 Å². The molecule has 1 atom stereocenters. The Morgan fingerprint density at radius 1 is 1.15 bits per heavy atom. The molecule has 0 amide bonds. The first kappa shape index (κ1) is 17.3. The molecular weight excluding hydrogens is 340 g/mol. The number of H-pyrrole nitrogens is 1. The molecule has 7 nitrogen and oxygen atoms in total. The maximum absolute atomic E-state index is 6.19. The second-order valence-corrected chi connectivity index (χ2v) is 8.28. The van der Waals surface area contributed by atoms with Crippen molar-refractivity contribution in [2.45, 2.75) is 70.1 Å². The van der Waals surface area contributed by atoms with Gasteiger partial charge in [-0.3, -0.25) is 10.00 Å². The average molecular weight is 371 g/mol. The Balaban J connectivity index is 1.46. The van der Waals surface area contributed by atoms with Gasteiger partial charge in [0.15, 0.2) is 5.65 Å². The Morgan fingerprint density at radius 2 is 2.04 bits per heavy atom. The Bertz CT molecular complexity index is 806. The molecule has 0 spiro atoms. The SMILES string of the molecule is Nc1[nH]nc2nc(NC[C@@H]3CCCO3)c3c(c12)CCN(C1CCCCC1)C3. The summed E-state index contributed by atoms with van der Waals surface area (Å²) in [5.41, 5.74) is 9.56. The van der Waals surface area contributed by atoms with Crippen LogP contribution in [0.1, 0.15) is 56.1 Å². The number of nitrogens with one attached hydrogen (secondary N) is 2. The number of fused-ring (bicyclic) bond motifs is 3. The summed E-state index contributed by atoms with van der Waals surface area (Å²) in [4.78, 5) is 7.50. The van der Waals surface area contributed by atoms with Crippen LogP contribution in [0.2, 0.25) is 0 Å². The highest BCUT2D eigenvalue weighted by Gasteiger charge is 2.29. The van der Waals surface area contributed by atoms with Crippen LogP contribution in [0.25, 0.3) is 11.0 Å². The number of rotatable bonds is 4. The molecule has 0 bridgehead atoms. The predicted octanol–water partition coefficient (Wildman–Crippen LogP) is 2.82. The van der Waals surface area contributed by atoms with E-state index >= 15 is 0 Å². The van der Waals surface area contributed by atoms with Gasteiger partial charge in [0.2, 0.25) is 0 Å². The Hall–Kier alpha value is -1.86. The highest BCUT2D eigenvalue weighted by atomic mass is 16.5. The Kier molecular flexibility index (Phi) is 4.65. The van der Waals surface area contributed by atoms with Crippen molar-refractivity contribution in [1.29, 1.82) is 0 Å². The van der Waals surface area contributed by atoms with Gasteiger partial charge in [-0.05, 0) is 37.7 Å².